The minimum atomic E-state index is 0.0879. The summed E-state index contributed by atoms with van der Waals surface area (Å²) in [6.45, 7) is 5.12. The molecule has 0 aromatic heterocycles. The van der Waals surface area contributed by atoms with Crippen LogP contribution < -0.4 is 5.73 Å². The first-order valence-electron chi connectivity index (χ1n) is 6.21. The van der Waals surface area contributed by atoms with Crippen LogP contribution in [0.25, 0.3) is 0 Å². The van der Waals surface area contributed by atoms with E-state index in [9.17, 15) is 0 Å². The highest BCUT2D eigenvalue weighted by Crippen LogP contribution is 2.28. The molecule has 0 spiro atoms. The minimum Gasteiger partial charge on any atom is -0.378 e. The van der Waals surface area contributed by atoms with E-state index in [0.717, 1.165) is 23.9 Å². The van der Waals surface area contributed by atoms with E-state index in [2.05, 4.69) is 41.9 Å². The Morgan fingerprint density at radius 2 is 2.18 bits per heavy atom. The van der Waals surface area contributed by atoms with Gasteiger partial charge < -0.3 is 10.5 Å². The van der Waals surface area contributed by atoms with Crippen molar-refractivity contribution in [2.75, 3.05) is 6.61 Å². The van der Waals surface area contributed by atoms with Crippen molar-refractivity contribution in [3.63, 3.8) is 0 Å². The highest BCUT2D eigenvalue weighted by molar-refractivity contribution is 9.10. The zero-order valence-electron chi connectivity index (χ0n) is 10.5. The van der Waals surface area contributed by atoms with Crippen molar-refractivity contribution in [3.05, 3.63) is 33.3 Å². The van der Waals surface area contributed by atoms with Gasteiger partial charge in [-0.2, -0.15) is 0 Å². The molecule has 0 amide bonds. The maximum absolute atomic E-state index is 6.30. The number of hydrogen-bond acceptors (Lipinski definition) is 2. The molecule has 1 saturated heterocycles. The Labute approximate surface area is 112 Å². The molecule has 2 nitrogen and oxygen atoms in total. The van der Waals surface area contributed by atoms with Crippen molar-refractivity contribution in [1.29, 1.82) is 0 Å². The number of hydrogen-bond donors (Lipinski definition) is 1. The van der Waals surface area contributed by atoms with Crippen LogP contribution in [0.2, 0.25) is 0 Å². The lowest BCUT2D eigenvalue weighted by atomic mass is 9.95. The van der Waals surface area contributed by atoms with Gasteiger partial charge in [-0.25, -0.2) is 0 Å². The highest BCUT2D eigenvalue weighted by atomic mass is 79.9. The summed E-state index contributed by atoms with van der Waals surface area (Å²) in [4.78, 5) is 0. The predicted molar refractivity (Wildman–Crippen MR) is 74.1 cm³/mol. The van der Waals surface area contributed by atoms with Crippen molar-refractivity contribution < 1.29 is 4.74 Å². The summed E-state index contributed by atoms with van der Waals surface area (Å²) in [6.07, 6.45) is 3.62. The largest absolute Gasteiger partial charge is 0.378 e. The molecule has 2 rings (SSSR count). The van der Waals surface area contributed by atoms with Gasteiger partial charge in [0.2, 0.25) is 0 Å². The third kappa shape index (κ3) is 3.09. The average Bonchev–Trinajstić information content (AvgIpc) is 2.76. The van der Waals surface area contributed by atoms with Crippen LogP contribution in [0, 0.1) is 13.8 Å². The number of ether oxygens (including phenoxy) is 1. The highest BCUT2D eigenvalue weighted by Gasteiger charge is 2.20. The molecule has 1 heterocycles. The first-order valence-corrected chi connectivity index (χ1v) is 7.01. The molecule has 2 unspecified atom stereocenters. The van der Waals surface area contributed by atoms with Gasteiger partial charge in [0.1, 0.15) is 0 Å². The summed E-state index contributed by atoms with van der Waals surface area (Å²) in [5, 5.41) is 0. The van der Waals surface area contributed by atoms with Crippen molar-refractivity contribution in [1.82, 2.24) is 0 Å². The molecule has 0 bridgehead atoms. The molecule has 1 aromatic rings. The van der Waals surface area contributed by atoms with Crippen LogP contribution in [-0.2, 0) is 4.74 Å². The lowest BCUT2D eigenvalue weighted by molar-refractivity contribution is 0.0983. The van der Waals surface area contributed by atoms with E-state index in [0.29, 0.717) is 6.10 Å². The second-order valence-corrected chi connectivity index (χ2v) is 5.79. The zero-order valence-corrected chi connectivity index (χ0v) is 12.1. The van der Waals surface area contributed by atoms with E-state index in [1.54, 1.807) is 0 Å². The van der Waals surface area contributed by atoms with E-state index < -0.39 is 0 Å². The van der Waals surface area contributed by atoms with Gasteiger partial charge in [-0.15, -0.1) is 0 Å². The molecule has 94 valence electrons. The number of nitrogens with two attached hydrogens (primary N) is 1. The minimum absolute atomic E-state index is 0.0879. The van der Waals surface area contributed by atoms with Crippen LogP contribution in [0.4, 0.5) is 0 Å². The van der Waals surface area contributed by atoms with Gasteiger partial charge in [0.15, 0.2) is 0 Å². The maximum atomic E-state index is 6.30. The lowest BCUT2D eigenvalue weighted by Crippen LogP contribution is -2.19. The van der Waals surface area contributed by atoms with Crippen molar-refractivity contribution in [3.8, 4) is 0 Å². The van der Waals surface area contributed by atoms with Gasteiger partial charge in [-0.1, -0.05) is 22.0 Å². The Balaban J connectivity index is 2.12. The van der Waals surface area contributed by atoms with Crippen molar-refractivity contribution >= 4 is 15.9 Å². The molecular formula is C14H20BrNO. The van der Waals surface area contributed by atoms with Crippen LogP contribution in [0.1, 0.15) is 42.0 Å². The standard InChI is InChI=1S/C14H20BrNO/c1-9-7-13(15)10(2)6-12(9)14(16)8-11-4-3-5-17-11/h6-7,11,14H,3-5,8,16H2,1-2H3. The number of rotatable bonds is 3. The van der Waals surface area contributed by atoms with Gasteiger partial charge in [0, 0.05) is 17.1 Å². The first kappa shape index (κ1) is 13.1. The Hall–Kier alpha value is -0.380. The predicted octanol–water partition coefficient (Wildman–Crippen LogP) is 3.63. The number of aryl methyl sites for hydroxylation is 2. The molecule has 3 heteroatoms. The summed E-state index contributed by atoms with van der Waals surface area (Å²) < 4.78 is 6.81. The van der Waals surface area contributed by atoms with Crippen LogP contribution in [0.15, 0.2) is 16.6 Å². The summed E-state index contributed by atoms with van der Waals surface area (Å²) in [5.41, 5.74) is 10.1. The zero-order chi connectivity index (χ0) is 12.4. The quantitative estimate of drug-likeness (QED) is 0.924. The number of halogens is 1. The Morgan fingerprint density at radius 3 is 2.82 bits per heavy atom. The lowest BCUT2D eigenvalue weighted by Gasteiger charge is -2.19. The molecule has 17 heavy (non-hydrogen) atoms. The summed E-state index contributed by atoms with van der Waals surface area (Å²) in [7, 11) is 0. The smallest absolute Gasteiger partial charge is 0.0594 e. The first-order chi connectivity index (χ1) is 8.08. The van der Waals surface area contributed by atoms with E-state index in [1.807, 2.05) is 0 Å². The van der Waals surface area contributed by atoms with Crippen LogP contribution in [-0.4, -0.2) is 12.7 Å². The fraction of sp³-hybridized carbons (Fsp3) is 0.571. The molecule has 0 radical (unpaired) electrons. The fourth-order valence-electron chi connectivity index (χ4n) is 2.44. The van der Waals surface area contributed by atoms with Gasteiger partial charge in [0.05, 0.1) is 6.10 Å². The SMILES string of the molecule is Cc1cc(C(N)CC2CCCO2)c(C)cc1Br. The Morgan fingerprint density at radius 1 is 1.41 bits per heavy atom. The average molecular weight is 298 g/mol. The van der Waals surface area contributed by atoms with Crippen molar-refractivity contribution in [2.24, 2.45) is 5.73 Å². The third-order valence-corrected chi connectivity index (χ3v) is 4.34. The van der Waals surface area contributed by atoms with E-state index >= 15 is 0 Å². The summed E-state index contributed by atoms with van der Waals surface area (Å²) in [6, 6.07) is 4.43. The van der Waals surface area contributed by atoms with Crippen LogP contribution >= 0.6 is 15.9 Å². The van der Waals surface area contributed by atoms with E-state index in [1.165, 1.54) is 23.1 Å². The molecule has 1 aliphatic heterocycles. The normalized spacial score (nSPS) is 21.8. The monoisotopic (exact) mass is 297 g/mol. The van der Waals surface area contributed by atoms with Crippen molar-refractivity contribution in [2.45, 2.75) is 45.3 Å². The molecule has 2 N–H and O–H groups in total. The Bertz CT molecular complexity index is 399. The van der Waals surface area contributed by atoms with E-state index in [4.69, 9.17) is 10.5 Å². The maximum Gasteiger partial charge on any atom is 0.0594 e. The summed E-state index contributed by atoms with van der Waals surface area (Å²) >= 11 is 3.55. The molecule has 1 aromatic carbocycles. The molecular weight excluding hydrogens is 278 g/mol. The second-order valence-electron chi connectivity index (χ2n) is 4.94. The second kappa shape index (κ2) is 5.51. The van der Waals surface area contributed by atoms with Gasteiger partial charge in [-0.05, 0) is 55.9 Å². The molecule has 0 saturated carbocycles. The van der Waals surface area contributed by atoms with Gasteiger partial charge >= 0.3 is 0 Å². The molecule has 1 fully saturated rings. The Kier molecular flexibility index (Phi) is 4.23. The molecule has 2 atom stereocenters. The summed E-state index contributed by atoms with van der Waals surface area (Å²) in [5.74, 6) is 0. The fourth-order valence-corrected chi connectivity index (χ4v) is 2.90. The van der Waals surface area contributed by atoms with Gasteiger partial charge in [-0.3, -0.25) is 0 Å². The third-order valence-electron chi connectivity index (χ3n) is 3.49. The molecule has 1 aliphatic rings. The van der Waals surface area contributed by atoms with Crippen LogP contribution in [0.3, 0.4) is 0 Å². The van der Waals surface area contributed by atoms with E-state index in [-0.39, 0.29) is 6.04 Å². The topological polar surface area (TPSA) is 35.2 Å². The van der Waals surface area contributed by atoms with Crippen LogP contribution in [0.5, 0.6) is 0 Å². The number of benzene rings is 1. The molecule has 0 aliphatic carbocycles. The van der Waals surface area contributed by atoms with Gasteiger partial charge in [0.25, 0.3) is 0 Å².